The van der Waals surface area contributed by atoms with E-state index in [2.05, 4.69) is 10.0 Å². The van der Waals surface area contributed by atoms with Gasteiger partial charge in [-0.15, -0.1) is 0 Å². The minimum absolute atomic E-state index is 0.0805. The van der Waals surface area contributed by atoms with Crippen LogP contribution in [0.3, 0.4) is 0 Å². The van der Waals surface area contributed by atoms with E-state index in [1.54, 1.807) is 11.4 Å². The van der Waals surface area contributed by atoms with Crippen LogP contribution in [0.25, 0.3) is 0 Å². The van der Waals surface area contributed by atoms with Gasteiger partial charge in [0.1, 0.15) is 0 Å². The molecule has 2 aliphatic rings. The number of hydrogen-bond donors (Lipinski definition) is 2. The Morgan fingerprint density at radius 2 is 2.05 bits per heavy atom. The lowest BCUT2D eigenvalue weighted by Crippen LogP contribution is -2.54. The number of nitrogens with one attached hydrogen (secondary N) is 2. The second kappa shape index (κ2) is 7.87. The van der Waals surface area contributed by atoms with Crippen molar-refractivity contribution in [2.24, 2.45) is 0 Å². The van der Waals surface area contributed by atoms with Crippen molar-refractivity contribution in [3.8, 4) is 0 Å². The van der Waals surface area contributed by atoms with Crippen LogP contribution >= 0.6 is 0 Å². The quantitative estimate of drug-likeness (QED) is 0.661. The number of methoxy groups -OCH3 is 1. The maximum Gasteiger partial charge on any atom is 0.280 e. The lowest BCUT2D eigenvalue weighted by Gasteiger charge is -2.35. The van der Waals surface area contributed by atoms with Gasteiger partial charge in [-0.1, -0.05) is 13.3 Å². The largest absolute Gasteiger partial charge is 0.383 e. The van der Waals surface area contributed by atoms with Crippen molar-refractivity contribution < 1.29 is 13.2 Å². The third-order valence-electron chi connectivity index (χ3n) is 4.28. The summed E-state index contributed by atoms with van der Waals surface area (Å²) in [6, 6.07) is 0.539. The smallest absolute Gasteiger partial charge is 0.280 e. The molecule has 1 aliphatic heterocycles. The first-order valence-electron chi connectivity index (χ1n) is 8.08. The first kappa shape index (κ1) is 17.1. The highest BCUT2D eigenvalue weighted by Crippen LogP contribution is 2.23. The molecule has 0 aromatic carbocycles. The van der Waals surface area contributed by atoms with Gasteiger partial charge in [0.25, 0.3) is 10.2 Å². The van der Waals surface area contributed by atoms with E-state index in [1.165, 1.54) is 12.8 Å². The number of ether oxygens (including phenoxy) is 1. The molecule has 2 unspecified atom stereocenters. The van der Waals surface area contributed by atoms with E-state index in [4.69, 9.17) is 4.74 Å². The molecule has 7 heteroatoms. The summed E-state index contributed by atoms with van der Waals surface area (Å²) < 4.78 is 34.8. The highest BCUT2D eigenvalue weighted by molar-refractivity contribution is 7.87. The van der Waals surface area contributed by atoms with E-state index in [1.807, 2.05) is 6.92 Å². The van der Waals surface area contributed by atoms with E-state index >= 15 is 0 Å². The van der Waals surface area contributed by atoms with Crippen LogP contribution in [0.5, 0.6) is 0 Å². The van der Waals surface area contributed by atoms with Crippen molar-refractivity contribution in [1.29, 1.82) is 0 Å². The second-order valence-electron chi connectivity index (χ2n) is 6.13. The topological polar surface area (TPSA) is 70.7 Å². The molecule has 0 aromatic heterocycles. The Labute approximate surface area is 128 Å². The van der Waals surface area contributed by atoms with Gasteiger partial charge < -0.3 is 10.1 Å². The summed E-state index contributed by atoms with van der Waals surface area (Å²) in [4.78, 5) is 0. The lowest BCUT2D eigenvalue weighted by molar-refractivity contribution is 0.170. The molecule has 0 bridgehead atoms. The monoisotopic (exact) mass is 319 g/mol. The van der Waals surface area contributed by atoms with Gasteiger partial charge in [-0.25, -0.2) is 0 Å². The molecule has 0 amide bonds. The zero-order chi connectivity index (χ0) is 15.3. The first-order valence-corrected chi connectivity index (χ1v) is 9.52. The first-order chi connectivity index (χ1) is 10.1. The zero-order valence-electron chi connectivity index (χ0n) is 13.2. The standard InChI is InChI=1S/C14H29N3O3S/c1-3-12(11-20-2)16-21(18,19)17-9-5-4-6-14(17)10-15-13-7-8-13/h12-16H,3-11H2,1-2H3. The SMILES string of the molecule is CCC(COC)NS(=O)(=O)N1CCCCC1CNC1CC1. The number of piperidine rings is 1. The van der Waals surface area contributed by atoms with Gasteiger partial charge in [-0.05, 0) is 32.1 Å². The minimum Gasteiger partial charge on any atom is -0.383 e. The normalized spacial score (nSPS) is 25.9. The number of nitrogens with zero attached hydrogens (tertiary/aromatic N) is 1. The summed E-state index contributed by atoms with van der Waals surface area (Å²) in [6.07, 6.45) is 6.18. The highest BCUT2D eigenvalue weighted by atomic mass is 32.2. The Hall–Kier alpha value is -0.210. The number of rotatable bonds is 9. The molecule has 21 heavy (non-hydrogen) atoms. The molecule has 124 valence electrons. The predicted octanol–water partition coefficient (Wildman–Crippen LogP) is 0.852. The van der Waals surface area contributed by atoms with E-state index in [0.29, 0.717) is 19.2 Å². The Morgan fingerprint density at radius 1 is 1.29 bits per heavy atom. The summed E-state index contributed by atoms with van der Waals surface area (Å²) in [5.41, 5.74) is 0. The Morgan fingerprint density at radius 3 is 2.67 bits per heavy atom. The van der Waals surface area contributed by atoms with Crippen molar-refractivity contribution in [3.63, 3.8) is 0 Å². The molecule has 0 radical (unpaired) electrons. The van der Waals surface area contributed by atoms with Gasteiger partial charge in [0.05, 0.1) is 6.61 Å². The molecule has 1 saturated carbocycles. The number of hydrogen-bond acceptors (Lipinski definition) is 4. The second-order valence-corrected chi connectivity index (χ2v) is 7.78. The predicted molar refractivity (Wildman–Crippen MR) is 83.4 cm³/mol. The molecular formula is C14H29N3O3S. The van der Waals surface area contributed by atoms with Crippen LogP contribution in [0.1, 0.15) is 45.4 Å². The molecule has 2 rings (SSSR count). The lowest BCUT2D eigenvalue weighted by atomic mass is 10.1. The van der Waals surface area contributed by atoms with Crippen molar-refractivity contribution >= 4 is 10.2 Å². The van der Waals surface area contributed by atoms with E-state index in [0.717, 1.165) is 32.2 Å². The molecule has 0 aromatic rings. The molecular weight excluding hydrogens is 290 g/mol. The van der Waals surface area contributed by atoms with Crippen LogP contribution < -0.4 is 10.0 Å². The van der Waals surface area contributed by atoms with Gasteiger partial charge in [-0.2, -0.15) is 17.4 Å². The molecule has 2 atom stereocenters. The Balaban J connectivity index is 1.96. The van der Waals surface area contributed by atoms with Gasteiger partial charge >= 0.3 is 0 Å². The van der Waals surface area contributed by atoms with Crippen LogP contribution in [-0.2, 0) is 14.9 Å². The van der Waals surface area contributed by atoms with Gasteiger partial charge in [0.15, 0.2) is 0 Å². The Bertz CT molecular complexity index is 412. The third kappa shape index (κ3) is 5.17. The minimum atomic E-state index is -3.43. The summed E-state index contributed by atoms with van der Waals surface area (Å²) in [5, 5.41) is 3.46. The summed E-state index contributed by atoms with van der Waals surface area (Å²) in [7, 11) is -1.83. The molecule has 2 N–H and O–H groups in total. The molecule has 0 spiro atoms. The fourth-order valence-electron chi connectivity index (χ4n) is 2.80. The van der Waals surface area contributed by atoms with Crippen LogP contribution in [-0.4, -0.2) is 57.7 Å². The molecule has 2 fully saturated rings. The van der Waals surface area contributed by atoms with Crippen molar-refractivity contribution in [1.82, 2.24) is 14.3 Å². The van der Waals surface area contributed by atoms with Crippen LogP contribution in [0.4, 0.5) is 0 Å². The summed E-state index contributed by atoms with van der Waals surface area (Å²) >= 11 is 0. The molecule has 1 aliphatic carbocycles. The van der Waals surface area contributed by atoms with E-state index in [-0.39, 0.29) is 12.1 Å². The van der Waals surface area contributed by atoms with Crippen LogP contribution in [0, 0.1) is 0 Å². The maximum atomic E-state index is 12.6. The van der Waals surface area contributed by atoms with Crippen molar-refractivity contribution in [3.05, 3.63) is 0 Å². The van der Waals surface area contributed by atoms with Gasteiger partial charge in [0, 0.05) is 38.3 Å². The zero-order valence-corrected chi connectivity index (χ0v) is 14.0. The molecule has 1 heterocycles. The summed E-state index contributed by atoms with van der Waals surface area (Å²) in [6.45, 7) is 3.77. The average Bonchev–Trinajstić information content (AvgIpc) is 3.29. The third-order valence-corrected chi connectivity index (χ3v) is 6.01. The van der Waals surface area contributed by atoms with Gasteiger partial charge in [0.2, 0.25) is 0 Å². The fraction of sp³-hybridized carbons (Fsp3) is 1.00. The molecule has 1 saturated heterocycles. The average molecular weight is 319 g/mol. The van der Waals surface area contributed by atoms with Crippen LogP contribution in [0.15, 0.2) is 0 Å². The maximum absolute atomic E-state index is 12.6. The van der Waals surface area contributed by atoms with Gasteiger partial charge in [-0.3, -0.25) is 0 Å². The van der Waals surface area contributed by atoms with Crippen LogP contribution in [0.2, 0.25) is 0 Å². The van der Waals surface area contributed by atoms with Crippen molar-refractivity contribution in [2.75, 3.05) is 26.8 Å². The highest BCUT2D eigenvalue weighted by Gasteiger charge is 2.34. The van der Waals surface area contributed by atoms with E-state index in [9.17, 15) is 8.42 Å². The van der Waals surface area contributed by atoms with Crippen molar-refractivity contribution in [2.45, 2.75) is 63.6 Å². The fourth-order valence-corrected chi connectivity index (χ4v) is 4.53. The Kier molecular flexibility index (Phi) is 6.43. The van der Waals surface area contributed by atoms with E-state index < -0.39 is 10.2 Å². The molecule has 6 nitrogen and oxygen atoms in total. The summed E-state index contributed by atoms with van der Waals surface area (Å²) in [5.74, 6) is 0.